The van der Waals surface area contributed by atoms with Gasteiger partial charge < -0.3 is 24.3 Å². The number of hydrogen-bond acceptors (Lipinski definition) is 6. The first-order valence-corrected chi connectivity index (χ1v) is 9.84. The molecule has 1 aromatic heterocycles. The molecule has 10 heteroatoms. The Hall–Kier alpha value is -3.53. The normalized spacial score (nSPS) is 17.0. The fourth-order valence-corrected chi connectivity index (χ4v) is 3.33. The fraction of sp³-hybridized carbons (Fsp3) is 0.273. The summed E-state index contributed by atoms with van der Waals surface area (Å²) < 4.78 is 52.8. The van der Waals surface area contributed by atoms with E-state index in [0.717, 1.165) is 25.0 Å². The molecule has 7 nitrogen and oxygen atoms in total. The summed E-state index contributed by atoms with van der Waals surface area (Å²) in [5.41, 5.74) is 0.297. The van der Waals surface area contributed by atoms with Crippen LogP contribution >= 0.6 is 0 Å². The van der Waals surface area contributed by atoms with E-state index < -0.39 is 18.0 Å². The van der Waals surface area contributed by atoms with Crippen LogP contribution in [0.4, 0.5) is 18.9 Å². The Kier molecular flexibility index (Phi) is 6.04. The smallest absolute Gasteiger partial charge is 0.508 e. The van der Waals surface area contributed by atoms with Gasteiger partial charge in [-0.2, -0.15) is 0 Å². The molecule has 1 aliphatic rings. The summed E-state index contributed by atoms with van der Waals surface area (Å²) in [5.74, 6) is -0.981. The minimum atomic E-state index is -4.85. The second-order valence-electron chi connectivity index (χ2n) is 7.19. The van der Waals surface area contributed by atoms with E-state index in [4.69, 9.17) is 9.15 Å². The molecule has 2 heterocycles. The molecule has 3 aromatic rings. The highest BCUT2D eigenvalue weighted by molar-refractivity contribution is 5.96. The number of aromatic hydroxyl groups is 1. The first kappa shape index (κ1) is 21.7. The van der Waals surface area contributed by atoms with Gasteiger partial charge >= 0.3 is 6.36 Å². The topological polar surface area (TPSA) is 93.3 Å². The fourth-order valence-electron chi connectivity index (χ4n) is 3.33. The van der Waals surface area contributed by atoms with Gasteiger partial charge in [0.1, 0.15) is 22.6 Å². The van der Waals surface area contributed by atoms with Crippen molar-refractivity contribution >= 4 is 22.6 Å². The second-order valence-corrected chi connectivity index (χ2v) is 7.19. The highest BCUT2D eigenvalue weighted by atomic mass is 19.4. The molecule has 0 radical (unpaired) electrons. The summed E-state index contributed by atoms with van der Waals surface area (Å²) in [6.45, 7) is 0.951. The molecule has 168 valence electrons. The number of carbonyl (C=O) groups excluding carboxylic acids is 1. The Morgan fingerprint density at radius 3 is 2.81 bits per heavy atom. The standard InChI is InChI=1S/C22H19F3N2O5/c23-22(24,25)32-16-4-1-3-14(10-16)27-21-18(20(29)26-12-17-5-2-8-30-17)9-13-6-7-15(28)11-19(13)31-21/h1,3-4,6-7,9-11,17,28H,2,5,8,12H2,(H,26,29)/t17-/m0/s1. The largest absolute Gasteiger partial charge is 0.573 e. The van der Waals surface area contributed by atoms with Crippen LogP contribution in [0, 0.1) is 0 Å². The third-order valence-electron chi connectivity index (χ3n) is 4.77. The number of alkyl halides is 3. The first-order valence-electron chi connectivity index (χ1n) is 9.84. The highest BCUT2D eigenvalue weighted by Crippen LogP contribution is 2.26. The van der Waals surface area contributed by atoms with Crippen molar-refractivity contribution in [3.8, 4) is 11.5 Å². The summed E-state index contributed by atoms with van der Waals surface area (Å²) in [5, 5.41) is 13.1. The van der Waals surface area contributed by atoms with Crippen LogP contribution in [0.5, 0.6) is 11.5 Å². The molecule has 1 aliphatic heterocycles. The minimum absolute atomic E-state index is 0.0524. The van der Waals surface area contributed by atoms with Crippen molar-refractivity contribution in [2.45, 2.75) is 25.3 Å². The lowest BCUT2D eigenvalue weighted by atomic mass is 10.1. The van der Waals surface area contributed by atoms with Crippen molar-refractivity contribution in [2.24, 2.45) is 4.99 Å². The van der Waals surface area contributed by atoms with E-state index >= 15 is 0 Å². The number of hydrogen-bond donors (Lipinski definition) is 2. The van der Waals surface area contributed by atoms with E-state index in [1.807, 2.05) is 0 Å². The molecule has 0 bridgehead atoms. The van der Waals surface area contributed by atoms with E-state index in [0.29, 0.717) is 18.5 Å². The molecule has 1 amide bonds. The summed E-state index contributed by atoms with van der Waals surface area (Å²) in [6.07, 6.45) is -3.17. The first-order chi connectivity index (χ1) is 15.3. The van der Waals surface area contributed by atoms with Gasteiger partial charge in [-0.3, -0.25) is 4.79 Å². The molecule has 0 aliphatic carbocycles. The predicted octanol–water partition coefficient (Wildman–Crippen LogP) is 4.18. The van der Waals surface area contributed by atoms with Crippen LogP contribution in [0.1, 0.15) is 23.2 Å². The quantitative estimate of drug-likeness (QED) is 0.611. The molecular weight excluding hydrogens is 429 g/mol. The average Bonchev–Trinajstić information content (AvgIpc) is 3.24. The number of ether oxygens (including phenoxy) is 2. The number of benzene rings is 2. The predicted molar refractivity (Wildman–Crippen MR) is 108 cm³/mol. The molecule has 1 saturated heterocycles. The zero-order valence-corrected chi connectivity index (χ0v) is 16.7. The van der Waals surface area contributed by atoms with Gasteiger partial charge in [0.05, 0.1) is 11.8 Å². The van der Waals surface area contributed by atoms with Crippen molar-refractivity contribution in [3.05, 3.63) is 59.6 Å². The molecule has 4 rings (SSSR count). The van der Waals surface area contributed by atoms with Crippen LogP contribution in [0.2, 0.25) is 0 Å². The van der Waals surface area contributed by atoms with Gasteiger partial charge in [0.15, 0.2) is 0 Å². The maximum absolute atomic E-state index is 12.9. The van der Waals surface area contributed by atoms with E-state index in [2.05, 4.69) is 15.0 Å². The molecule has 1 atom stereocenters. The maximum Gasteiger partial charge on any atom is 0.573 e. The van der Waals surface area contributed by atoms with Crippen LogP contribution in [-0.4, -0.2) is 36.6 Å². The number of nitrogens with zero attached hydrogens (tertiary/aromatic N) is 1. The third-order valence-corrected chi connectivity index (χ3v) is 4.77. The summed E-state index contributed by atoms with van der Waals surface area (Å²) >= 11 is 0. The molecule has 0 unspecified atom stereocenters. The van der Waals surface area contributed by atoms with Crippen LogP contribution in [0.25, 0.3) is 11.0 Å². The lowest BCUT2D eigenvalue weighted by molar-refractivity contribution is -0.274. The molecule has 1 fully saturated rings. The summed E-state index contributed by atoms with van der Waals surface area (Å²) in [7, 11) is 0. The zero-order valence-electron chi connectivity index (χ0n) is 16.7. The number of fused-ring (bicyclic) bond motifs is 1. The Labute approximate surface area is 180 Å². The Morgan fingerprint density at radius 2 is 2.06 bits per heavy atom. The van der Waals surface area contributed by atoms with Gasteiger partial charge in [0, 0.05) is 30.7 Å². The van der Waals surface area contributed by atoms with Crippen molar-refractivity contribution in [2.75, 3.05) is 13.2 Å². The van der Waals surface area contributed by atoms with Gasteiger partial charge in [-0.1, -0.05) is 6.07 Å². The SMILES string of the molecule is O=C(NC[C@@H]1CCCO1)c1cc2ccc(O)cc2oc1=Nc1cccc(OC(F)(F)F)c1. The second kappa shape index (κ2) is 8.91. The molecule has 2 aromatic carbocycles. The van der Waals surface area contributed by atoms with Gasteiger partial charge in [-0.05, 0) is 43.2 Å². The van der Waals surface area contributed by atoms with Crippen LogP contribution in [0.15, 0.2) is 57.9 Å². The Morgan fingerprint density at radius 1 is 1.22 bits per heavy atom. The van der Waals surface area contributed by atoms with Crippen LogP contribution in [-0.2, 0) is 4.74 Å². The Bertz CT molecular complexity index is 1200. The minimum Gasteiger partial charge on any atom is -0.508 e. The zero-order chi connectivity index (χ0) is 22.7. The number of halogens is 3. The maximum atomic E-state index is 12.9. The van der Waals surface area contributed by atoms with E-state index in [1.165, 1.54) is 30.3 Å². The monoisotopic (exact) mass is 448 g/mol. The number of carbonyl (C=O) groups is 1. The van der Waals surface area contributed by atoms with Gasteiger partial charge in [-0.25, -0.2) is 4.99 Å². The molecule has 2 N–H and O–H groups in total. The Balaban J connectivity index is 1.73. The van der Waals surface area contributed by atoms with Crippen LogP contribution in [0.3, 0.4) is 0 Å². The van der Waals surface area contributed by atoms with Crippen molar-refractivity contribution < 1.29 is 37.0 Å². The highest BCUT2D eigenvalue weighted by Gasteiger charge is 2.31. The lowest BCUT2D eigenvalue weighted by Crippen LogP contribution is -2.34. The summed E-state index contributed by atoms with van der Waals surface area (Å²) in [4.78, 5) is 17.1. The van der Waals surface area contributed by atoms with E-state index in [-0.39, 0.29) is 34.2 Å². The number of phenolic OH excluding ortho intramolecular Hbond substituents is 1. The molecule has 0 saturated carbocycles. The van der Waals surface area contributed by atoms with Gasteiger partial charge in [-0.15, -0.1) is 13.2 Å². The van der Waals surface area contributed by atoms with Gasteiger partial charge in [0.25, 0.3) is 5.91 Å². The third kappa shape index (κ3) is 5.38. The lowest BCUT2D eigenvalue weighted by Gasteiger charge is -2.11. The number of nitrogens with one attached hydrogen (secondary N) is 1. The van der Waals surface area contributed by atoms with Crippen molar-refractivity contribution in [1.82, 2.24) is 5.32 Å². The van der Waals surface area contributed by atoms with Crippen molar-refractivity contribution in [1.29, 1.82) is 0 Å². The average molecular weight is 448 g/mol. The number of rotatable bonds is 5. The van der Waals surface area contributed by atoms with Crippen LogP contribution < -0.4 is 15.6 Å². The van der Waals surface area contributed by atoms with Gasteiger partial charge in [0.2, 0.25) is 5.55 Å². The molecule has 0 spiro atoms. The van der Waals surface area contributed by atoms with E-state index in [9.17, 15) is 23.1 Å². The van der Waals surface area contributed by atoms with E-state index in [1.54, 1.807) is 6.07 Å². The summed E-state index contributed by atoms with van der Waals surface area (Å²) in [6, 6.07) is 10.9. The van der Waals surface area contributed by atoms with Crippen molar-refractivity contribution in [3.63, 3.8) is 0 Å². The number of phenols is 1. The molecular formula is C22H19F3N2O5. The number of amides is 1. The molecule has 32 heavy (non-hydrogen) atoms.